The van der Waals surface area contributed by atoms with Crippen molar-refractivity contribution in [3.63, 3.8) is 0 Å². The molecular formula is C21H20N2OTe. The van der Waals surface area contributed by atoms with Gasteiger partial charge < -0.3 is 0 Å². The molecule has 4 aromatic rings. The summed E-state index contributed by atoms with van der Waals surface area (Å²) >= 11 is -0.567. The molecule has 0 aliphatic carbocycles. The van der Waals surface area contributed by atoms with Gasteiger partial charge in [0.25, 0.3) is 0 Å². The fourth-order valence-electron chi connectivity index (χ4n) is 3.13. The second kappa shape index (κ2) is 6.05. The first-order chi connectivity index (χ1) is 11.9. The van der Waals surface area contributed by atoms with E-state index in [0.717, 1.165) is 21.8 Å². The van der Waals surface area contributed by atoms with E-state index in [-0.39, 0.29) is 5.43 Å². The summed E-state index contributed by atoms with van der Waals surface area (Å²) in [5.41, 5.74) is 2.52. The summed E-state index contributed by atoms with van der Waals surface area (Å²) in [6, 6.07) is 17.0. The zero-order valence-electron chi connectivity index (χ0n) is 14.8. The third-order valence-corrected chi connectivity index (χ3v) is 7.81. The van der Waals surface area contributed by atoms with Crippen molar-refractivity contribution in [1.29, 1.82) is 0 Å². The zero-order valence-corrected chi connectivity index (χ0v) is 17.2. The Balaban J connectivity index is 2.06. The van der Waals surface area contributed by atoms with Gasteiger partial charge in [0.15, 0.2) is 0 Å². The fourth-order valence-corrected chi connectivity index (χ4v) is 6.37. The van der Waals surface area contributed by atoms with Crippen LogP contribution in [0.5, 0.6) is 0 Å². The summed E-state index contributed by atoms with van der Waals surface area (Å²) in [6.07, 6.45) is 0. The summed E-state index contributed by atoms with van der Waals surface area (Å²) in [4.78, 5) is 17.2. The van der Waals surface area contributed by atoms with E-state index in [1.54, 1.807) is 0 Å². The number of hydrogen-bond acceptors (Lipinski definition) is 3. The Bertz CT molecular complexity index is 1170. The average Bonchev–Trinajstić information content (AvgIpc) is 2.59. The molecule has 0 saturated heterocycles. The van der Waals surface area contributed by atoms with Gasteiger partial charge in [0.2, 0.25) is 0 Å². The molecule has 4 rings (SSSR count). The molecule has 3 nitrogen and oxygen atoms in total. The molecule has 0 N–H and O–H groups in total. The van der Waals surface area contributed by atoms with Crippen molar-refractivity contribution in [1.82, 2.24) is 0 Å². The predicted octanol–water partition coefficient (Wildman–Crippen LogP) is 3.70. The normalized spacial score (nSPS) is 11.4. The van der Waals surface area contributed by atoms with Crippen LogP contribution in [0.1, 0.15) is 0 Å². The van der Waals surface area contributed by atoms with Gasteiger partial charge in [-0.15, -0.1) is 0 Å². The van der Waals surface area contributed by atoms with Crippen LogP contribution in [0.3, 0.4) is 0 Å². The van der Waals surface area contributed by atoms with Crippen LogP contribution in [0.4, 0.5) is 11.4 Å². The molecular weight excluding hydrogens is 424 g/mol. The molecule has 25 heavy (non-hydrogen) atoms. The van der Waals surface area contributed by atoms with Crippen LogP contribution in [-0.4, -0.2) is 48.6 Å². The molecule has 0 bridgehead atoms. The van der Waals surface area contributed by atoms with Gasteiger partial charge in [-0.1, -0.05) is 0 Å². The minimum absolute atomic E-state index is 0.172. The van der Waals surface area contributed by atoms with Crippen LogP contribution in [0.15, 0.2) is 53.3 Å². The Kier molecular flexibility index (Phi) is 3.98. The molecule has 4 heteroatoms. The first-order valence-corrected chi connectivity index (χ1v) is 10.6. The number of nitrogens with zero attached hydrogens (tertiary/aromatic N) is 2. The molecule has 3 aromatic carbocycles. The van der Waals surface area contributed by atoms with Gasteiger partial charge in [-0.2, -0.15) is 0 Å². The Morgan fingerprint density at radius 2 is 1.32 bits per heavy atom. The van der Waals surface area contributed by atoms with Gasteiger partial charge in [0.05, 0.1) is 0 Å². The Labute approximate surface area is 156 Å². The molecule has 0 atom stereocenters. The van der Waals surface area contributed by atoms with E-state index in [1.807, 2.05) is 26.2 Å². The first kappa shape index (κ1) is 16.4. The number of fused-ring (bicyclic) bond motifs is 3. The zero-order chi connectivity index (χ0) is 17.7. The molecule has 0 saturated carbocycles. The second-order valence-corrected chi connectivity index (χ2v) is 9.87. The van der Waals surface area contributed by atoms with Gasteiger partial charge in [-0.25, -0.2) is 0 Å². The molecule has 0 amide bonds. The van der Waals surface area contributed by atoms with Crippen LogP contribution in [0.2, 0.25) is 0 Å². The van der Waals surface area contributed by atoms with Crippen LogP contribution in [0.25, 0.3) is 28.3 Å². The van der Waals surface area contributed by atoms with E-state index in [2.05, 4.69) is 60.3 Å². The number of hydrogen-bond donors (Lipinski definition) is 0. The third-order valence-electron chi connectivity index (χ3n) is 4.63. The molecule has 0 fully saturated rings. The van der Waals surface area contributed by atoms with E-state index < -0.39 is 20.4 Å². The van der Waals surface area contributed by atoms with Crippen molar-refractivity contribution < 1.29 is 0 Å². The van der Waals surface area contributed by atoms with Crippen molar-refractivity contribution >= 4 is 60.2 Å². The summed E-state index contributed by atoms with van der Waals surface area (Å²) in [7, 11) is 8.18. The number of rotatable bonds is 2. The van der Waals surface area contributed by atoms with E-state index in [1.165, 1.54) is 17.9 Å². The average molecular weight is 444 g/mol. The molecule has 0 aliphatic rings. The minimum atomic E-state index is -0.567. The van der Waals surface area contributed by atoms with E-state index in [9.17, 15) is 4.79 Å². The van der Waals surface area contributed by atoms with E-state index in [4.69, 9.17) is 0 Å². The van der Waals surface area contributed by atoms with Crippen LogP contribution < -0.4 is 15.2 Å². The molecule has 126 valence electrons. The predicted molar refractivity (Wildman–Crippen MR) is 111 cm³/mol. The van der Waals surface area contributed by atoms with Crippen LogP contribution in [0, 0.1) is 0 Å². The van der Waals surface area contributed by atoms with Crippen molar-refractivity contribution in [3.05, 3.63) is 58.8 Å². The maximum atomic E-state index is 13.0. The third kappa shape index (κ3) is 2.80. The summed E-state index contributed by atoms with van der Waals surface area (Å²) in [6.45, 7) is 0. The van der Waals surface area contributed by atoms with Gasteiger partial charge >= 0.3 is 157 Å². The fraction of sp³-hybridized carbons (Fsp3) is 0.190. The summed E-state index contributed by atoms with van der Waals surface area (Å²) < 4.78 is 2.50. The van der Waals surface area contributed by atoms with Crippen molar-refractivity contribution in [2.75, 3.05) is 38.0 Å². The molecule has 0 spiro atoms. The van der Waals surface area contributed by atoms with Crippen molar-refractivity contribution in [2.45, 2.75) is 0 Å². The van der Waals surface area contributed by atoms with Crippen molar-refractivity contribution in [2.24, 2.45) is 0 Å². The quantitative estimate of drug-likeness (QED) is 0.348. The summed E-state index contributed by atoms with van der Waals surface area (Å²) in [5.74, 6) is 0. The standard InChI is InChI=1S/C21H20N2OTe/c1-22(2)15-6-5-13-10-18-19(11-14(13)9-15)25-20-12-16(23(3)4)7-8-17(20)21(18)24/h5-12H,1-4H3. The van der Waals surface area contributed by atoms with Crippen LogP contribution in [-0.2, 0) is 0 Å². The maximum absolute atomic E-state index is 13.0. The topological polar surface area (TPSA) is 23.6 Å². The van der Waals surface area contributed by atoms with Gasteiger partial charge in [0.1, 0.15) is 0 Å². The summed E-state index contributed by atoms with van der Waals surface area (Å²) in [5, 5.41) is 4.15. The Morgan fingerprint density at radius 1 is 0.680 bits per heavy atom. The van der Waals surface area contributed by atoms with Gasteiger partial charge in [-0.05, 0) is 0 Å². The molecule has 1 heterocycles. The second-order valence-electron chi connectivity index (χ2n) is 6.78. The van der Waals surface area contributed by atoms with Crippen molar-refractivity contribution in [3.8, 4) is 0 Å². The molecule has 1 aromatic heterocycles. The van der Waals surface area contributed by atoms with Gasteiger partial charge in [-0.3, -0.25) is 0 Å². The molecule has 0 radical (unpaired) electrons. The Hall–Kier alpha value is -2.02. The van der Waals surface area contributed by atoms with E-state index >= 15 is 0 Å². The Morgan fingerprint density at radius 3 is 2.04 bits per heavy atom. The number of anilines is 2. The van der Waals surface area contributed by atoms with Gasteiger partial charge in [0, 0.05) is 0 Å². The first-order valence-electron chi connectivity index (χ1n) is 8.23. The molecule has 0 aliphatic heterocycles. The SMILES string of the molecule is CN(C)c1ccc2cc3c(=O)c4ccc(N(C)C)cc4[te]c3cc2c1. The van der Waals surface area contributed by atoms with Crippen LogP contribution >= 0.6 is 0 Å². The number of benzene rings is 3. The monoisotopic (exact) mass is 446 g/mol. The molecule has 0 unspecified atom stereocenters. The van der Waals surface area contributed by atoms with E-state index in [0.29, 0.717) is 0 Å².